The van der Waals surface area contributed by atoms with Gasteiger partial charge in [-0.3, -0.25) is 0 Å². The predicted octanol–water partition coefficient (Wildman–Crippen LogP) is 2.91. The third kappa shape index (κ3) is 5.29. The Balaban J connectivity index is 1.78. The number of urea groups is 1. The van der Waals surface area contributed by atoms with Gasteiger partial charge in [0.05, 0.1) is 17.7 Å². The van der Waals surface area contributed by atoms with Gasteiger partial charge in [0.1, 0.15) is 11.9 Å². The second-order valence-corrected chi connectivity index (χ2v) is 6.54. The Morgan fingerprint density at radius 1 is 1.48 bits per heavy atom. The van der Waals surface area contributed by atoms with E-state index in [1.807, 2.05) is 19.1 Å². The number of para-hydroxylation sites is 1. The fourth-order valence-electron chi connectivity index (χ4n) is 2.73. The quantitative estimate of drug-likeness (QED) is 0.866. The summed E-state index contributed by atoms with van der Waals surface area (Å²) >= 11 is 6.05. The van der Waals surface area contributed by atoms with Gasteiger partial charge < -0.3 is 20.1 Å². The van der Waals surface area contributed by atoms with Gasteiger partial charge >= 0.3 is 6.03 Å². The average molecular weight is 341 g/mol. The summed E-state index contributed by atoms with van der Waals surface area (Å²) in [6.07, 6.45) is 1.33. The van der Waals surface area contributed by atoms with Crippen LogP contribution in [0.1, 0.15) is 26.7 Å². The standard InChI is InChI=1S/C17H25ClN2O3/c1-12(23-16-8-4-3-7-15(16)18)10-19-17(22)20-9-5-6-14(11-20)13(2)21/h3-4,7-8,12-14,21H,5-6,9-11H2,1-2H3,(H,19,22). The van der Waals surface area contributed by atoms with Gasteiger partial charge in [-0.1, -0.05) is 23.7 Å². The maximum atomic E-state index is 12.2. The van der Waals surface area contributed by atoms with Crippen molar-refractivity contribution in [1.29, 1.82) is 0 Å². The molecule has 23 heavy (non-hydrogen) atoms. The number of carbonyl (C=O) groups excluding carboxylic acids is 1. The summed E-state index contributed by atoms with van der Waals surface area (Å²) in [6.45, 7) is 5.40. The van der Waals surface area contributed by atoms with Crippen LogP contribution in [0.5, 0.6) is 5.75 Å². The number of hydrogen-bond donors (Lipinski definition) is 2. The predicted molar refractivity (Wildman–Crippen MR) is 90.9 cm³/mol. The highest BCUT2D eigenvalue weighted by Crippen LogP contribution is 2.24. The number of piperidine rings is 1. The monoisotopic (exact) mass is 340 g/mol. The molecule has 1 aliphatic rings. The van der Waals surface area contributed by atoms with Crippen molar-refractivity contribution in [3.63, 3.8) is 0 Å². The molecule has 2 amide bonds. The van der Waals surface area contributed by atoms with Crippen molar-refractivity contribution in [3.8, 4) is 5.75 Å². The number of rotatable bonds is 5. The molecule has 0 aliphatic carbocycles. The van der Waals surface area contributed by atoms with E-state index in [4.69, 9.17) is 16.3 Å². The minimum Gasteiger partial charge on any atom is -0.487 e. The number of likely N-dealkylation sites (tertiary alicyclic amines) is 1. The Bertz CT molecular complexity index is 524. The van der Waals surface area contributed by atoms with Crippen LogP contribution in [-0.2, 0) is 0 Å². The third-order valence-electron chi connectivity index (χ3n) is 4.13. The van der Waals surface area contributed by atoms with Crippen LogP contribution in [0.3, 0.4) is 0 Å². The van der Waals surface area contributed by atoms with Gasteiger partial charge in [0.15, 0.2) is 0 Å². The number of amides is 2. The van der Waals surface area contributed by atoms with Crippen LogP contribution in [0.4, 0.5) is 4.79 Å². The summed E-state index contributed by atoms with van der Waals surface area (Å²) in [5.74, 6) is 0.773. The second kappa shape index (κ2) is 8.41. The lowest BCUT2D eigenvalue weighted by Gasteiger charge is -2.34. The zero-order valence-electron chi connectivity index (χ0n) is 13.7. The van der Waals surface area contributed by atoms with Gasteiger partial charge in [-0.25, -0.2) is 4.79 Å². The molecule has 1 heterocycles. The second-order valence-electron chi connectivity index (χ2n) is 6.13. The number of aliphatic hydroxyl groups is 1. The van der Waals surface area contributed by atoms with Crippen LogP contribution in [0.2, 0.25) is 5.02 Å². The minimum atomic E-state index is -0.381. The molecule has 3 atom stereocenters. The Hall–Kier alpha value is -1.46. The van der Waals surface area contributed by atoms with E-state index in [0.29, 0.717) is 23.9 Å². The zero-order valence-corrected chi connectivity index (χ0v) is 14.4. The van der Waals surface area contributed by atoms with E-state index in [2.05, 4.69) is 5.32 Å². The number of carbonyl (C=O) groups is 1. The van der Waals surface area contributed by atoms with Gasteiger partial charge in [0.2, 0.25) is 0 Å². The van der Waals surface area contributed by atoms with Crippen molar-refractivity contribution in [3.05, 3.63) is 29.3 Å². The number of hydrogen-bond acceptors (Lipinski definition) is 3. The lowest BCUT2D eigenvalue weighted by molar-refractivity contribution is 0.0732. The molecule has 3 unspecified atom stereocenters. The number of aliphatic hydroxyl groups excluding tert-OH is 1. The molecule has 2 rings (SSSR count). The highest BCUT2D eigenvalue weighted by molar-refractivity contribution is 6.32. The van der Waals surface area contributed by atoms with E-state index in [9.17, 15) is 9.90 Å². The van der Waals surface area contributed by atoms with Crippen LogP contribution in [0, 0.1) is 5.92 Å². The van der Waals surface area contributed by atoms with E-state index in [1.165, 1.54) is 0 Å². The molecule has 128 valence electrons. The summed E-state index contributed by atoms with van der Waals surface area (Å²) in [6, 6.07) is 7.17. The number of nitrogens with one attached hydrogen (secondary N) is 1. The molecule has 0 radical (unpaired) electrons. The number of benzene rings is 1. The molecule has 0 saturated carbocycles. The first-order chi connectivity index (χ1) is 11.0. The summed E-state index contributed by atoms with van der Waals surface area (Å²) < 4.78 is 5.74. The maximum absolute atomic E-state index is 12.2. The number of halogens is 1. The lowest BCUT2D eigenvalue weighted by atomic mass is 9.94. The van der Waals surface area contributed by atoms with Crippen LogP contribution in [0.25, 0.3) is 0 Å². The zero-order chi connectivity index (χ0) is 16.8. The van der Waals surface area contributed by atoms with Crippen molar-refractivity contribution in [1.82, 2.24) is 10.2 Å². The molecule has 1 saturated heterocycles. The molecule has 1 aromatic carbocycles. The Morgan fingerprint density at radius 3 is 2.91 bits per heavy atom. The highest BCUT2D eigenvalue weighted by Gasteiger charge is 2.26. The first-order valence-corrected chi connectivity index (χ1v) is 8.47. The molecule has 5 nitrogen and oxygen atoms in total. The molecule has 1 fully saturated rings. The molecule has 0 spiro atoms. The van der Waals surface area contributed by atoms with E-state index in [0.717, 1.165) is 19.4 Å². The molecule has 1 aromatic rings. The van der Waals surface area contributed by atoms with Crippen molar-refractivity contribution < 1.29 is 14.6 Å². The van der Waals surface area contributed by atoms with Gasteiger partial charge in [0, 0.05) is 19.0 Å². The molecule has 2 N–H and O–H groups in total. The van der Waals surface area contributed by atoms with Gasteiger partial charge in [-0.05, 0) is 38.8 Å². The summed E-state index contributed by atoms with van der Waals surface area (Å²) in [5, 5.41) is 13.1. The van der Waals surface area contributed by atoms with E-state index < -0.39 is 0 Å². The largest absolute Gasteiger partial charge is 0.487 e. The molecule has 6 heteroatoms. The third-order valence-corrected chi connectivity index (χ3v) is 4.45. The first kappa shape index (κ1) is 17.9. The molecular weight excluding hydrogens is 316 g/mol. The van der Waals surface area contributed by atoms with Gasteiger partial charge in [-0.2, -0.15) is 0 Å². The summed E-state index contributed by atoms with van der Waals surface area (Å²) in [4.78, 5) is 14.0. The summed E-state index contributed by atoms with van der Waals surface area (Å²) in [5.41, 5.74) is 0. The number of nitrogens with zero attached hydrogens (tertiary/aromatic N) is 1. The Morgan fingerprint density at radius 2 is 2.22 bits per heavy atom. The van der Waals surface area contributed by atoms with Gasteiger partial charge in [0.25, 0.3) is 0 Å². The molecule has 0 bridgehead atoms. The summed E-state index contributed by atoms with van der Waals surface area (Å²) in [7, 11) is 0. The lowest BCUT2D eigenvalue weighted by Crippen LogP contribution is -2.49. The van der Waals surface area contributed by atoms with E-state index in [1.54, 1.807) is 24.0 Å². The fraction of sp³-hybridized carbons (Fsp3) is 0.588. The topological polar surface area (TPSA) is 61.8 Å². The van der Waals surface area contributed by atoms with Crippen LogP contribution in [-0.4, -0.2) is 47.9 Å². The van der Waals surface area contributed by atoms with Crippen molar-refractivity contribution in [2.24, 2.45) is 5.92 Å². The highest BCUT2D eigenvalue weighted by atomic mass is 35.5. The van der Waals surface area contributed by atoms with Crippen LogP contribution >= 0.6 is 11.6 Å². The SMILES string of the molecule is CC(CNC(=O)N1CCCC(C(C)O)C1)Oc1ccccc1Cl. The normalized spacial score (nSPS) is 20.7. The minimum absolute atomic E-state index is 0.107. The first-order valence-electron chi connectivity index (χ1n) is 8.09. The fourth-order valence-corrected chi connectivity index (χ4v) is 2.91. The van der Waals surface area contributed by atoms with Crippen molar-refractivity contribution in [2.75, 3.05) is 19.6 Å². The molecule has 1 aliphatic heterocycles. The van der Waals surface area contributed by atoms with Crippen molar-refractivity contribution >= 4 is 17.6 Å². The Labute approximate surface area is 142 Å². The number of ether oxygens (including phenoxy) is 1. The molecule has 0 aromatic heterocycles. The average Bonchev–Trinajstić information content (AvgIpc) is 2.55. The smallest absolute Gasteiger partial charge is 0.317 e. The Kier molecular flexibility index (Phi) is 6.54. The maximum Gasteiger partial charge on any atom is 0.317 e. The van der Waals surface area contributed by atoms with Gasteiger partial charge in [-0.15, -0.1) is 0 Å². The van der Waals surface area contributed by atoms with Crippen LogP contribution in [0.15, 0.2) is 24.3 Å². The van der Waals surface area contributed by atoms with Crippen molar-refractivity contribution in [2.45, 2.75) is 38.9 Å². The van der Waals surface area contributed by atoms with E-state index in [-0.39, 0.29) is 24.2 Å². The van der Waals surface area contributed by atoms with Crippen LogP contribution < -0.4 is 10.1 Å². The molecular formula is C17H25ClN2O3. The van der Waals surface area contributed by atoms with E-state index >= 15 is 0 Å².